The lowest BCUT2D eigenvalue weighted by atomic mass is 10.00. The van der Waals surface area contributed by atoms with Crippen LogP contribution < -0.4 is 10.5 Å². The summed E-state index contributed by atoms with van der Waals surface area (Å²) >= 11 is 5.91. The van der Waals surface area contributed by atoms with Crippen LogP contribution in [0.5, 0.6) is 0 Å². The van der Waals surface area contributed by atoms with Crippen molar-refractivity contribution < 1.29 is 8.42 Å². The molecular weight excluding hydrogens is 368 g/mol. The molecule has 134 valence electrons. The van der Waals surface area contributed by atoms with Gasteiger partial charge in [-0.05, 0) is 28.8 Å². The number of sulfonamides is 1. The summed E-state index contributed by atoms with van der Waals surface area (Å²) in [5, 5.41) is 0.408. The molecule has 0 saturated carbocycles. The van der Waals surface area contributed by atoms with E-state index in [1.165, 1.54) is 0 Å². The van der Waals surface area contributed by atoms with Crippen molar-refractivity contribution in [2.24, 2.45) is 0 Å². The second kappa shape index (κ2) is 7.91. The van der Waals surface area contributed by atoms with Crippen LogP contribution in [0.4, 0.5) is 5.69 Å². The molecule has 0 atom stereocenters. The average molecular weight is 387 g/mol. The van der Waals surface area contributed by atoms with Gasteiger partial charge in [0.15, 0.2) is 0 Å². The zero-order valence-corrected chi connectivity index (χ0v) is 15.5. The molecule has 3 aromatic carbocycles. The number of halogens is 1. The van der Waals surface area contributed by atoms with Crippen LogP contribution in [0.3, 0.4) is 0 Å². The smallest absolute Gasteiger partial charge is 0.216 e. The first kappa shape index (κ1) is 18.5. The molecule has 4 nitrogen and oxygen atoms in total. The third-order valence-corrected chi connectivity index (χ3v) is 5.63. The number of rotatable bonds is 6. The molecule has 0 unspecified atom stereocenters. The van der Waals surface area contributed by atoms with Crippen LogP contribution in [-0.2, 0) is 15.8 Å². The molecule has 0 aromatic heterocycles. The third-order valence-electron chi connectivity index (χ3n) is 3.98. The van der Waals surface area contributed by atoms with Gasteiger partial charge in [-0.15, -0.1) is 0 Å². The van der Waals surface area contributed by atoms with E-state index in [1.54, 1.807) is 18.2 Å². The van der Waals surface area contributed by atoms with Crippen molar-refractivity contribution in [3.8, 4) is 0 Å². The zero-order chi connectivity index (χ0) is 18.6. The first-order chi connectivity index (χ1) is 12.4. The largest absolute Gasteiger partial charge is 0.398 e. The van der Waals surface area contributed by atoms with E-state index in [0.29, 0.717) is 16.3 Å². The number of benzene rings is 3. The Balaban J connectivity index is 1.89. The van der Waals surface area contributed by atoms with Crippen molar-refractivity contribution in [1.29, 1.82) is 0 Å². The molecule has 0 aliphatic rings. The van der Waals surface area contributed by atoms with Gasteiger partial charge in [0.05, 0.1) is 22.5 Å². The molecule has 3 aromatic rings. The lowest BCUT2D eigenvalue weighted by molar-refractivity contribution is 0.571. The van der Waals surface area contributed by atoms with Crippen LogP contribution in [0.1, 0.15) is 22.7 Å². The molecule has 0 bridgehead atoms. The number of anilines is 1. The summed E-state index contributed by atoms with van der Waals surface area (Å²) in [4.78, 5) is 0. The molecule has 3 N–H and O–H groups in total. The molecule has 6 heteroatoms. The maximum atomic E-state index is 12.8. The lowest BCUT2D eigenvalue weighted by Crippen LogP contribution is -2.30. The first-order valence-electron chi connectivity index (χ1n) is 8.08. The molecule has 0 spiro atoms. The van der Waals surface area contributed by atoms with E-state index in [1.807, 2.05) is 60.7 Å². The Morgan fingerprint density at radius 1 is 0.885 bits per heavy atom. The number of nitrogens with two attached hydrogens (primary N) is 1. The number of hydrogen-bond acceptors (Lipinski definition) is 3. The Bertz CT molecular complexity index is 938. The average Bonchev–Trinajstić information content (AvgIpc) is 2.64. The highest BCUT2D eigenvalue weighted by atomic mass is 35.5. The van der Waals surface area contributed by atoms with Crippen molar-refractivity contribution in [3.05, 3.63) is 101 Å². The highest BCUT2D eigenvalue weighted by Crippen LogP contribution is 2.25. The summed E-state index contributed by atoms with van der Waals surface area (Å²) in [7, 11) is -3.61. The van der Waals surface area contributed by atoms with Crippen LogP contribution in [0.2, 0.25) is 5.02 Å². The fourth-order valence-corrected chi connectivity index (χ4v) is 4.19. The second-order valence-electron chi connectivity index (χ2n) is 5.99. The summed E-state index contributed by atoms with van der Waals surface area (Å²) in [6.07, 6.45) is 0. The topological polar surface area (TPSA) is 72.2 Å². The van der Waals surface area contributed by atoms with Crippen LogP contribution in [0.25, 0.3) is 0 Å². The van der Waals surface area contributed by atoms with Gasteiger partial charge >= 0.3 is 0 Å². The molecule has 0 aliphatic heterocycles. The van der Waals surface area contributed by atoms with Crippen LogP contribution in [-0.4, -0.2) is 8.42 Å². The van der Waals surface area contributed by atoms with E-state index in [4.69, 9.17) is 17.3 Å². The molecule has 3 rings (SSSR count). The summed E-state index contributed by atoms with van der Waals surface area (Å²) in [5.74, 6) is -0.176. The van der Waals surface area contributed by atoms with Crippen LogP contribution in [0, 0.1) is 0 Å². The molecule has 0 aliphatic carbocycles. The van der Waals surface area contributed by atoms with E-state index in [0.717, 1.165) is 11.1 Å². The Morgan fingerprint density at radius 2 is 1.42 bits per heavy atom. The Kier molecular flexibility index (Phi) is 5.61. The van der Waals surface area contributed by atoms with Crippen molar-refractivity contribution >= 4 is 27.3 Å². The molecule has 0 fully saturated rings. The minimum absolute atomic E-state index is 0.176. The monoisotopic (exact) mass is 386 g/mol. The third kappa shape index (κ3) is 4.64. The van der Waals surface area contributed by atoms with Gasteiger partial charge in [0.25, 0.3) is 0 Å². The van der Waals surface area contributed by atoms with Crippen molar-refractivity contribution in [2.45, 2.75) is 11.8 Å². The van der Waals surface area contributed by atoms with Gasteiger partial charge in [0.1, 0.15) is 0 Å². The Hall–Kier alpha value is -2.34. The van der Waals surface area contributed by atoms with Crippen molar-refractivity contribution in [1.82, 2.24) is 4.72 Å². The molecule has 26 heavy (non-hydrogen) atoms. The molecule has 0 amide bonds. The Morgan fingerprint density at radius 3 is 1.92 bits per heavy atom. The highest BCUT2D eigenvalue weighted by Gasteiger charge is 2.21. The first-order valence-corrected chi connectivity index (χ1v) is 10.1. The Labute approximate surface area is 158 Å². The van der Waals surface area contributed by atoms with E-state index in [2.05, 4.69) is 4.72 Å². The second-order valence-corrected chi connectivity index (χ2v) is 8.15. The van der Waals surface area contributed by atoms with E-state index < -0.39 is 16.1 Å². The van der Waals surface area contributed by atoms with Crippen molar-refractivity contribution in [3.63, 3.8) is 0 Å². The number of hydrogen-bond donors (Lipinski definition) is 2. The zero-order valence-electron chi connectivity index (χ0n) is 14.0. The summed E-state index contributed by atoms with van der Waals surface area (Å²) in [5.41, 5.74) is 8.47. The van der Waals surface area contributed by atoms with Gasteiger partial charge in [-0.1, -0.05) is 78.3 Å². The van der Waals surface area contributed by atoms with Gasteiger partial charge < -0.3 is 5.73 Å². The normalized spacial score (nSPS) is 11.6. The van der Waals surface area contributed by atoms with Gasteiger partial charge in [0, 0.05) is 0 Å². The predicted octanol–water partition coefficient (Wildman–Crippen LogP) is 4.13. The van der Waals surface area contributed by atoms with Gasteiger partial charge in [-0.3, -0.25) is 0 Å². The van der Waals surface area contributed by atoms with E-state index in [9.17, 15) is 8.42 Å². The maximum absolute atomic E-state index is 12.8. The number of nitrogens with one attached hydrogen (secondary N) is 1. The van der Waals surface area contributed by atoms with Crippen molar-refractivity contribution in [2.75, 3.05) is 5.73 Å². The minimum atomic E-state index is -3.61. The van der Waals surface area contributed by atoms with Crippen LogP contribution >= 0.6 is 11.6 Å². The van der Waals surface area contributed by atoms with E-state index in [-0.39, 0.29) is 5.75 Å². The van der Waals surface area contributed by atoms with E-state index >= 15 is 0 Å². The molecule has 0 radical (unpaired) electrons. The molecule has 0 heterocycles. The van der Waals surface area contributed by atoms with Gasteiger partial charge in [-0.25, -0.2) is 13.1 Å². The minimum Gasteiger partial charge on any atom is -0.398 e. The van der Waals surface area contributed by atoms with Gasteiger partial charge in [-0.2, -0.15) is 0 Å². The summed E-state index contributed by atoms with van der Waals surface area (Å²) in [6.45, 7) is 0. The molecule has 0 saturated heterocycles. The highest BCUT2D eigenvalue weighted by molar-refractivity contribution is 7.88. The SMILES string of the molecule is Nc1cc(CS(=O)(=O)NC(c2ccccc2)c2ccccc2)ccc1Cl. The predicted molar refractivity (Wildman–Crippen MR) is 106 cm³/mol. The fourth-order valence-electron chi connectivity index (χ4n) is 2.74. The molecular formula is C20H19ClN2O2S. The quantitative estimate of drug-likeness (QED) is 0.625. The van der Waals surface area contributed by atoms with Crippen LogP contribution in [0.15, 0.2) is 78.9 Å². The number of nitrogen functional groups attached to an aromatic ring is 1. The standard InChI is InChI=1S/C20H19ClN2O2S/c21-18-12-11-15(13-19(18)22)14-26(24,25)23-20(16-7-3-1-4-8-16)17-9-5-2-6-10-17/h1-13,20,23H,14,22H2. The van der Waals surface area contributed by atoms with Gasteiger partial charge in [0.2, 0.25) is 10.0 Å². The summed E-state index contributed by atoms with van der Waals surface area (Å²) in [6, 6.07) is 23.4. The summed E-state index contributed by atoms with van der Waals surface area (Å²) < 4.78 is 28.3. The maximum Gasteiger partial charge on any atom is 0.216 e. The fraction of sp³-hybridized carbons (Fsp3) is 0.100. The lowest BCUT2D eigenvalue weighted by Gasteiger charge is -2.20.